The summed E-state index contributed by atoms with van der Waals surface area (Å²) in [5.74, 6) is -2.18. The third-order valence-corrected chi connectivity index (χ3v) is 6.82. The zero-order valence-electron chi connectivity index (χ0n) is 19.4. The van der Waals surface area contributed by atoms with Crippen LogP contribution in [0.2, 0.25) is 0 Å². The fraction of sp³-hybridized carbons (Fsp3) is 0.200. The number of anilines is 1. The van der Waals surface area contributed by atoms with E-state index in [-0.39, 0.29) is 27.1 Å². The van der Waals surface area contributed by atoms with Crippen molar-refractivity contribution in [3.63, 3.8) is 0 Å². The van der Waals surface area contributed by atoms with Gasteiger partial charge in [-0.3, -0.25) is 14.5 Å². The number of esters is 1. The van der Waals surface area contributed by atoms with Crippen molar-refractivity contribution in [1.29, 1.82) is 0 Å². The molecule has 35 heavy (non-hydrogen) atoms. The van der Waals surface area contributed by atoms with Crippen LogP contribution in [0, 0.1) is 13.8 Å². The lowest BCUT2D eigenvalue weighted by Gasteiger charge is -2.23. The van der Waals surface area contributed by atoms with E-state index in [1.807, 2.05) is 0 Å². The molecule has 9 nitrogen and oxygen atoms in total. The van der Waals surface area contributed by atoms with Crippen molar-refractivity contribution in [2.24, 2.45) is 0 Å². The molecule has 2 N–H and O–H groups in total. The highest BCUT2D eigenvalue weighted by molar-refractivity contribution is 7.17. The van der Waals surface area contributed by atoms with Gasteiger partial charge < -0.3 is 19.7 Å². The normalized spacial score (nSPS) is 17.0. The van der Waals surface area contributed by atoms with Crippen LogP contribution in [0.4, 0.5) is 5.13 Å². The Morgan fingerprint density at radius 1 is 1.09 bits per heavy atom. The summed E-state index contributed by atoms with van der Waals surface area (Å²) in [6, 6.07) is 9.78. The first-order valence-corrected chi connectivity index (χ1v) is 11.3. The van der Waals surface area contributed by atoms with Gasteiger partial charge in [0.2, 0.25) is 0 Å². The molecule has 1 atom stereocenters. The molecule has 3 aromatic rings. The molecule has 0 unspecified atom stereocenters. The van der Waals surface area contributed by atoms with Crippen LogP contribution in [0.25, 0.3) is 5.76 Å². The van der Waals surface area contributed by atoms with E-state index in [1.54, 1.807) is 44.2 Å². The van der Waals surface area contributed by atoms with Gasteiger partial charge in [-0.15, -0.1) is 0 Å². The number of hydrogen-bond donors (Lipinski definition) is 2. The van der Waals surface area contributed by atoms with Crippen LogP contribution < -0.4 is 9.64 Å². The summed E-state index contributed by atoms with van der Waals surface area (Å²) in [4.78, 5) is 44.3. The van der Waals surface area contributed by atoms with Crippen LogP contribution in [0.1, 0.15) is 38.1 Å². The summed E-state index contributed by atoms with van der Waals surface area (Å²) in [6.07, 6.45) is 0. The van der Waals surface area contributed by atoms with E-state index in [0.29, 0.717) is 22.6 Å². The van der Waals surface area contributed by atoms with E-state index in [2.05, 4.69) is 4.98 Å². The number of aliphatic hydroxyl groups is 1. The maximum absolute atomic E-state index is 13.2. The predicted octanol–water partition coefficient (Wildman–Crippen LogP) is 3.89. The number of ether oxygens (including phenoxy) is 2. The number of benzene rings is 2. The van der Waals surface area contributed by atoms with Crippen molar-refractivity contribution in [2.45, 2.75) is 19.9 Å². The van der Waals surface area contributed by atoms with Crippen molar-refractivity contribution in [3.05, 3.63) is 75.3 Å². The summed E-state index contributed by atoms with van der Waals surface area (Å²) in [6.45, 7) is 3.39. The first-order valence-electron chi connectivity index (χ1n) is 10.5. The smallest absolute Gasteiger partial charge is 0.350 e. The van der Waals surface area contributed by atoms with E-state index < -0.39 is 23.7 Å². The zero-order valence-corrected chi connectivity index (χ0v) is 20.2. The molecule has 2 aromatic carbocycles. The van der Waals surface area contributed by atoms with Gasteiger partial charge in [0.1, 0.15) is 22.1 Å². The largest absolute Gasteiger partial charge is 0.508 e. The number of Topliss-reactive ketones (excluding diaryl/α,β-unsaturated/α-hetero) is 1. The number of amides is 1. The molecule has 1 aliphatic rings. The molecule has 0 saturated carbocycles. The van der Waals surface area contributed by atoms with Gasteiger partial charge in [-0.1, -0.05) is 23.5 Å². The Bertz CT molecular complexity index is 1370. The molecule has 2 heterocycles. The minimum Gasteiger partial charge on any atom is -0.508 e. The second-order valence-electron chi connectivity index (χ2n) is 7.85. The number of thiazole rings is 1. The molecule has 1 aromatic heterocycles. The number of nitrogens with zero attached hydrogens (tertiary/aromatic N) is 2. The minimum atomic E-state index is -1.05. The molecule has 0 bridgehead atoms. The molecular formula is C25H22N2O7S. The standard InChI is InChI=1S/C25H22N2O7S/c1-12-11-15(7-10-17(12)33-3)20(29)18-19(14-5-8-16(28)9-6-14)27(23(31)21(18)30)25-26-13(2)22(35-25)24(32)34-4/h5-11,19,28-29H,1-4H3/t19-/m0/s1. The van der Waals surface area contributed by atoms with Gasteiger partial charge in [0.25, 0.3) is 5.78 Å². The lowest BCUT2D eigenvalue weighted by Crippen LogP contribution is -2.29. The van der Waals surface area contributed by atoms with Gasteiger partial charge >= 0.3 is 11.9 Å². The highest BCUT2D eigenvalue weighted by atomic mass is 32.1. The second-order valence-corrected chi connectivity index (χ2v) is 8.83. The van der Waals surface area contributed by atoms with Crippen molar-refractivity contribution in [2.75, 3.05) is 19.1 Å². The van der Waals surface area contributed by atoms with Crippen LogP contribution in [0.15, 0.2) is 48.0 Å². The molecule has 0 radical (unpaired) electrons. The van der Waals surface area contributed by atoms with Crippen molar-refractivity contribution >= 4 is 39.9 Å². The Labute approximate surface area is 204 Å². The number of carbonyl (C=O) groups is 3. The molecule has 1 aliphatic heterocycles. The molecule has 4 rings (SSSR count). The fourth-order valence-corrected chi connectivity index (χ4v) is 4.96. The monoisotopic (exact) mass is 494 g/mol. The molecule has 10 heteroatoms. The van der Waals surface area contributed by atoms with Crippen molar-refractivity contribution < 1.29 is 34.1 Å². The summed E-state index contributed by atoms with van der Waals surface area (Å²) in [5.41, 5.74) is 1.72. The van der Waals surface area contributed by atoms with Gasteiger partial charge in [-0.25, -0.2) is 9.78 Å². The van der Waals surface area contributed by atoms with Crippen molar-refractivity contribution in [1.82, 2.24) is 4.98 Å². The number of aromatic hydroxyl groups is 1. The summed E-state index contributed by atoms with van der Waals surface area (Å²) < 4.78 is 10.1. The van der Waals surface area contributed by atoms with E-state index >= 15 is 0 Å². The number of hydrogen-bond acceptors (Lipinski definition) is 9. The zero-order chi connectivity index (χ0) is 25.4. The highest BCUT2D eigenvalue weighted by Crippen LogP contribution is 2.44. The number of aromatic nitrogens is 1. The molecule has 0 aliphatic carbocycles. The Hall–Kier alpha value is -4.18. The molecule has 1 amide bonds. The Morgan fingerprint density at radius 2 is 1.77 bits per heavy atom. The molecule has 1 saturated heterocycles. The third-order valence-electron chi connectivity index (χ3n) is 5.68. The van der Waals surface area contributed by atoms with Crippen molar-refractivity contribution in [3.8, 4) is 11.5 Å². The fourth-order valence-electron chi connectivity index (χ4n) is 3.95. The highest BCUT2D eigenvalue weighted by Gasteiger charge is 2.48. The Morgan fingerprint density at radius 3 is 2.37 bits per heavy atom. The lowest BCUT2D eigenvalue weighted by atomic mass is 9.95. The minimum absolute atomic E-state index is 0.00505. The van der Waals surface area contributed by atoms with E-state index in [9.17, 15) is 24.6 Å². The third kappa shape index (κ3) is 4.12. The summed E-state index contributed by atoms with van der Waals surface area (Å²) in [7, 11) is 2.76. The number of rotatable bonds is 5. The Kier molecular flexibility index (Phi) is 6.31. The first kappa shape index (κ1) is 24.0. The summed E-state index contributed by atoms with van der Waals surface area (Å²) in [5, 5.41) is 21.1. The lowest BCUT2D eigenvalue weighted by molar-refractivity contribution is -0.132. The number of phenolic OH excluding ortho intramolecular Hbond substituents is 1. The maximum Gasteiger partial charge on any atom is 0.350 e. The maximum atomic E-state index is 13.2. The number of carbonyl (C=O) groups excluding carboxylic acids is 3. The predicted molar refractivity (Wildman–Crippen MR) is 129 cm³/mol. The molecule has 180 valence electrons. The second kappa shape index (κ2) is 9.22. The van der Waals surface area contributed by atoms with Crippen LogP contribution in [-0.2, 0) is 14.3 Å². The van der Waals surface area contributed by atoms with Crippen LogP contribution in [-0.4, -0.2) is 47.1 Å². The van der Waals surface area contributed by atoms with Gasteiger partial charge in [0, 0.05) is 5.56 Å². The Balaban J connectivity index is 1.93. The molecule has 1 fully saturated rings. The topological polar surface area (TPSA) is 126 Å². The van der Waals surface area contributed by atoms with Crippen LogP contribution >= 0.6 is 11.3 Å². The van der Waals surface area contributed by atoms with E-state index in [4.69, 9.17) is 9.47 Å². The first-order chi connectivity index (χ1) is 16.7. The number of ketones is 1. The summed E-state index contributed by atoms with van der Waals surface area (Å²) >= 11 is 0.911. The molecule has 0 spiro atoms. The number of aliphatic hydroxyl groups excluding tert-OH is 1. The SMILES string of the molecule is COC(=O)c1sc(N2C(=O)C(=O)C(=C(O)c3ccc(OC)c(C)c3)[C@@H]2c2ccc(O)cc2)nc1C. The average Bonchev–Trinajstić information content (AvgIpc) is 3.35. The van der Waals surface area contributed by atoms with Gasteiger partial charge in [0.15, 0.2) is 5.13 Å². The van der Waals surface area contributed by atoms with Gasteiger partial charge in [-0.2, -0.15) is 0 Å². The van der Waals surface area contributed by atoms with Gasteiger partial charge in [-0.05, 0) is 55.3 Å². The van der Waals surface area contributed by atoms with E-state index in [1.165, 1.54) is 26.4 Å². The van der Waals surface area contributed by atoms with E-state index in [0.717, 1.165) is 21.8 Å². The quantitative estimate of drug-likeness (QED) is 0.237. The van der Waals surface area contributed by atoms with Gasteiger partial charge in [0.05, 0.1) is 31.5 Å². The number of aryl methyl sites for hydroxylation is 2. The number of phenols is 1. The molecular weight excluding hydrogens is 472 g/mol. The van der Waals surface area contributed by atoms with Crippen LogP contribution in [0.3, 0.4) is 0 Å². The number of methoxy groups -OCH3 is 2. The average molecular weight is 495 g/mol. The van der Waals surface area contributed by atoms with Crippen LogP contribution in [0.5, 0.6) is 11.5 Å².